The van der Waals surface area contributed by atoms with Crippen molar-refractivity contribution in [3.05, 3.63) is 24.5 Å². The highest BCUT2D eigenvalue weighted by Crippen LogP contribution is 2.17. The van der Waals surface area contributed by atoms with Gasteiger partial charge in [0.2, 0.25) is 0 Å². The van der Waals surface area contributed by atoms with E-state index in [0.717, 1.165) is 12.0 Å². The Morgan fingerprint density at radius 1 is 1.42 bits per heavy atom. The van der Waals surface area contributed by atoms with Gasteiger partial charge in [-0.3, -0.25) is 9.78 Å². The molecule has 0 radical (unpaired) electrons. The van der Waals surface area contributed by atoms with Crippen molar-refractivity contribution in [1.82, 2.24) is 25.2 Å². The molecule has 1 atom stereocenters. The highest BCUT2D eigenvalue weighted by atomic mass is 16.4. The molecule has 0 spiro atoms. The van der Waals surface area contributed by atoms with E-state index in [9.17, 15) is 4.79 Å². The molecule has 0 saturated heterocycles. The summed E-state index contributed by atoms with van der Waals surface area (Å²) < 4.78 is 1.65. The van der Waals surface area contributed by atoms with Gasteiger partial charge in [-0.05, 0) is 28.5 Å². The Morgan fingerprint density at radius 3 is 2.79 bits per heavy atom. The molecule has 100 valence electrons. The highest BCUT2D eigenvalue weighted by Gasteiger charge is 2.16. The fraction of sp³-hybridized carbons (Fsp3) is 0.417. The van der Waals surface area contributed by atoms with E-state index in [1.54, 1.807) is 17.1 Å². The van der Waals surface area contributed by atoms with Gasteiger partial charge < -0.3 is 5.11 Å². The summed E-state index contributed by atoms with van der Waals surface area (Å²) >= 11 is 0. The Morgan fingerprint density at radius 2 is 2.16 bits per heavy atom. The van der Waals surface area contributed by atoms with Crippen LogP contribution in [0.2, 0.25) is 0 Å². The lowest BCUT2D eigenvalue weighted by Crippen LogP contribution is -2.16. The Labute approximate surface area is 110 Å². The summed E-state index contributed by atoms with van der Waals surface area (Å²) in [6.07, 6.45) is 4.22. The molecule has 0 saturated carbocycles. The first-order chi connectivity index (χ1) is 9.20. The maximum absolute atomic E-state index is 10.8. The minimum absolute atomic E-state index is 0.0154. The maximum Gasteiger partial charge on any atom is 0.303 e. The van der Waals surface area contributed by atoms with Gasteiger partial charge in [-0.2, -0.15) is 0 Å². The van der Waals surface area contributed by atoms with E-state index in [-0.39, 0.29) is 12.3 Å². The second-order valence-corrected chi connectivity index (χ2v) is 4.29. The number of pyridine rings is 1. The number of nitrogens with zero attached hydrogens (tertiary/aromatic N) is 5. The number of tetrazole rings is 1. The van der Waals surface area contributed by atoms with E-state index in [1.165, 1.54) is 0 Å². The topological polar surface area (TPSA) is 93.8 Å². The molecular formula is C12H15N5O2. The predicted molar refractivity (Wildman–Crippen MR) is 67.1 cm³/mol. The van der Waals surface area contributed by atoms with Crippen molar-refractivity contribution in [2.24, 2.45) is 5.92 Å². The number of hydrogen-bond donors (Lipinski definition) is 1. The Bertz CT molecular complexity index is 540. The predicted octanol–water partition coefficient (Wildman–Crippen LogP) is 1.24. The van der Waals surface area contributed by atoms with Crippen molar-refractivity contribution in [2.45, 2.75) is 26.3 Å². The third kappa shape index (κ3) is 3.34. The first kappa shape index (κ1) is 13.1. The summed E-state index contributed by atoms with van der Waals surface area (Å²) in [7, 11) is 0. The molecule has 0 aromatic carbocycles. The Hall–Kier alpha value is -2.31. The molecule has 2 aromatic heterocycles. The SMILES string of the molecule is CCC(CC(=O)O)Cn1nnnc1-c1ccncc1. The number of aromatic nitrogens is 5. The molecule has 7 heteroatoms. The van der Waals surface area contributed by atoms with E-state index >= 15 is 0 Å². The molecule has 2 rings (SSSR count). The van der Waals surface area contributed by atoms with E-state index in [1.807, 2.05) is 19.1 Å². The summed E-state index contributed by atoms with van der Waals surface area (Å²) in [6, 6.07) is 3.64. The minimum atomic E-state index is -0.801. The van der Waals surface area contributed by atoms with Crippen molar-refractivity contribution >= 4 is 5.97 Å². The molecule has 7 nitrogen and oxygen atoms in total. The van der Waals surface area contributed by atoms with Crippen LogP contribution in [0.15, 0.2) is 24.5 Å². The zero-order valence-corrected chi connectivity index (χ0v) is 10.6. The molecular weight excluding hydrogens is 246 g/mol. The van der Waals surface area contributed by atoms with Crippen LogP contribution in [0.1, 0.15) is 19.8 Å². The third-order valence-electron chi connectivity index (χ3n) is 2.94. The lowest BCUT2D eigenvalue weighted by molar-refractivity contribution is -0.138. The average Bonchev–Trinajstić information content (AvgIpc) is 2.86. The second-order valence-electron chi connectivity index (χ2n) is 4.29. The van der Waals surface area contributed by atoms with Crippen molar-refractivity contribution in [3.63, 3.8) is 0 Å². The van der Waals surface area contributed by atoms with Crippen molar-refractivity contribution < 1.29 is 9.90 Å². The molecule has 0 aliphatic carbocycles. The van der Waals surface area contributed by atoms with Crippen molar-refractivity contribution in [2.75, 3.05) is 0 Å². The molecule has 0 amide bonds. The quantitative estimate of drug-likeness (QED) is 0.840. The molecule has 0 aliphatic rings. The standard InChI is InChI=1S/C12H15N5O2/c1-2-9(7-11(18)19)8-17-12(14-15-16-17)10-3-5-13-6-4-10/h3-6,9H,2,7-8H2,1H3,(H,18,19). The molecule has 1 unspecified atom stereocenters. The van der Waals surface area contributed by atoms with Crippen LogP contribution < -0.4 is 0 Å². The summed E-state index contributed by atoms with van der Waals surface area (Å²) in [5, 5.41) is 20.4. The summed E-state index contributed by atoms with van der Waals surface area (Å²) in [4.78, 5) is 14.7. The molecule has 2 heterocycles. The summed E-state index contributed by atoms with van der Waals surface area (Å²) in [5.41, 5.74) is 0.866. The summed E-state index contributed by atoms with van der Waals surface area (Å²) in [6.45, 7) is 2.46. The number of carboxylic acids is 1. The molecule has 19 heavy (non-hydrogen) atoms. The van der Waals surface area contributed by atoms with Crippen LogP contribution in [-0.4, -0.2) is 36.3 Å². The number of hydrogen-bond acceptors (Lipinski definition) is 5. The first-order valence-corrected chi connectivity index (χ1v) is 6.09. The van der Waals surface area contributed by atoms with Gasteiger partial charge in [0.25, 0.3) is 0 Å². The van der Waals surface area contributed by atoms with E-state index in [4.69, 9.17) is 5.11 Å². The number of aliphatic carboxylic acids is 1. The van der Waals surface area contributed by atoms with Crippen molar-refractivity contribution in [3.8, 4) is 11.4 Å². The normalized spacial score (nSPS) is 12.3. The van der Waals surface area contributed by atoms with Gasteiger partial charge in [0.1, 0.15) is 0 Å². The lowest BCUT2D eigenvalue weighted by Gasteiger charge is -2.12. The minimum Gasteiger partial charge on any atom is -0.481 e. The molecule has 0 aliphatic heterocycles. The zero-order valence-electron chi connectivity index (χ0n) is 10.6. The van der Waals surface area contributed by atoms with E-state index < -0.39 is 5.97 Å². The van der Waals surface area contributed by atoms with Crippen molar-refractivity contribution in [1.29, 1.82) is 0 Å². The average molecular weight is 261 g/mol. The van der Waals surface area contributed by atoms with Gasteiger partial charge in [0.15, 0.2) is 5.82 Å². The number of rotatable bonds is 6. The van der Waals surface area contributed by atoms with Gasteiger partial charge >= 0.3 is 5.97 Å². The molecule has 1 N–H and O–H groups in total. The van der Waals surface area contributed by atoms with Crippen LogP contribution in [0.5, 0.6) is 0 Å². The van der Waals surface area contributed by atoms with Gasteiger partial charge in [0, 0.05) is 30.9 Å². The maximum atomic E-state index is 10.8. The monoisotopic (exact) mass is 261 g/mol. The fourth-order valence-electron chi connectivity index (χ4n) is 1.86. The summed E-state index contributed by atoms with van der Waals surface area (Å²) in [5.74, 6) is -0.154. The van der Waals surface area contributed by atoms with Crippen LogP contribution in [0.3, 0.4) is 0 Å². The molecule has 2 aromatic rings. The molecule has 0 fully saturated rings. The fourth-order valence-corrected chi connectivity index (χ4v) is 1.86. The number of carboxylic acid groups (broad SMARTS) is 1. The van der Waals surface area contributed by atoms with Crippen LogP contribution in [0.25, 0.3) is 11.4 Å². The van der Waals surface area contributed by atoms with Crippen LogP contribution in [0, 0.1) is 5.92 Å². The van der Waals surface area contributed by atoms with Gasteiger partial charge in [-0.25, -0.2) is 4.68 Å². The van der Waals surface area contributed by atoms with Crippen LogP contribution >= 0.6 is 0 Å². The zero-order chi connectivity index (χ0) is 13.7. The highest BCUT2D eigenvalue weighted by molar-refractivity contribution is 5.67. The smallest absolute Gasteiger partial charge is 0.303 e. The number of carbonyl (C=O) groups is 1. The Kier molecular flexibility index (Phi) is 4.17. The van der Waals surface area contributed by atoms with Crippen LogP contribution in [0.4, 0.5) is 0 Å². The third-order valence-corrected chi connectivity index (χ3v) is 2.94. The molecule has 0 bridgehead atoms. The van der Waals surface area contributed by atoms with Crippen LogP contribution in [-0.2, 0) is 11.3 Å². The van der Waals surface area contributed by atoms with Gasteiger partial charge in [-0.15, -0.1) is 5.10 Å². The lowest BCUT2D eigenvalue weighted by atomic mass is 10.0. The van der Waals surface area contributed by atoms with Gasteiger partial charge in [0.05, 0.1) is 0 Å². The van der Waals surface area contributed by atoms with Gasteiger partial charge in [-0.1, -0.05) is 13.3 Å². The largest absolute Gasteiger partial charge is 0.481 e. The second kappa shape index (κ2) is 6.03. The Balaban J connectivity index is 2.18. The van der Waals surface area contributed by atoms with E-state index in [2.05, 4.69) is 20.5 Å². The first-order valence-electron chi connectivity index (χ1n) is 6.09. The van der Waals surface area contributed by atoms with E-state index in [0.29, 0.717) is 12.4 Å².